The van der Waals surface area contributed by atoms with Crippen LogP contribution in [0.1, 0.15) is 37.5 Å². The number of furan rings is 1. The summed E-state index contributed by atoms with van der Waals surface area (Å²) < 4.78 is 7.47. The maximum Gasteiger partial charge on any atom is 0.324 e. The Balaban J connectivity index is 1.56. The average Bonchev–Trinajstić information content (AvgIpc) is 3.30. The molecule has 3 aromatic rings. The molecule has 0 radical (unpaired) electrons. The van der Waals surface area contributed by atoms with Gasteiger partial charge in [-0.25, -0.2) is 9.78 Å². The molecule has 1 fully saturated rings. The molecule has 1 aliphatic rings. The summed E-state index contributed by atoms with van der Waals surface area (Å²) in [5.41, 5.74) is 0.957. The lowest BCUT2D eigenvalue weighted by molar-refractivity contribution is 0.179. The van der Waals surface area contributed by atoms with Gasteiger partial charge in [0.2, 0.25) is 5.95 Å². The Morgan fingerprint density at radius 1 is 1.12 bits per heavy atom. The van der Waals surface area contributed by atoms with Crippen LogP contribution in [0.4, 0.5) is 10.7 Å². The van der Waals surface area contributed by atoms with E-state index in [1.807, 2.05) is 58.1 Å². The van der Waals surface area contributed by atoms with Crippen LogP contribution in [0.2, 0.25) is 0 Å². The lowest BCUT2D eigenvalue weighted by atomic mass is 10.1. The molecule has 1 saturated heterocycles. The summed E-state index contributed by atoms with van der Waals surface area (Å²) in [4.78, 5) is 19.2. The minimum atomic E-state index is -0.142. The number of hydrogen-bond acceptors (Lipinski definition) is 3. The zero-order valence-corrected chi connectivity index (χ0v) is 14.5. The summed E-state index contributed by atoms with van der Waals surface area (Å²) in [6.07, 6.45) is 9.32. The van der Waals surface area contributed by atoms with Crippen molar-refractivity contribution >= 4 is 12.0 Å². The van der Waals surface area contributed by atoms with Gasteiger partial charge in [-0.3, -0.25) is 9.88 Å². The summed E-state index contributed by atoms with van der Waals surface area (Å²) in [6.45, 7) is 0.712. The van der Waals surface area contributed by atoms with Gasteiger partial charge in [0.1, 0.15) is 5.76 Å². The van der Waals surface area contributed by atoms with Crippen LogP contribution in [-0.4, -0.2) is 27.0 Å². The number of carbonyl (C=O) groups excluding carboxylic acids is 1. The Labute approximate surface area is 152 Å². The molecule has 1 unspecified atom stereocenters. The van der Waals surface area contributed by atoms with E-state index < -0.39 is 0 Å². The Kier molecular flexibility index (Phi) is 4.73. The highest BCUT2D eigenvalue weighted by Gasteiger charge is 2.29. The minimum absolute atomic E-state index is 0.0346. The maximum atomic E-state index is 13.0. The molecule has 1 aliphatic heterocycles. The predicted octanol–water partition coefficient (Wildman–Crippen LogP) is 4.61. The lowest BCUT2D eigenvalue weighted by Gasteiger charge is -2.28. The Morgan fingerprint density at radius 2 is 2.00 bits per heavy atom. The number of amides is 2. The summed E-state index contributed by atoms with van der Waals surface area (Å²) in [6, 6.07) is 13.5. The van der Waals surface area contributed by atoms with Gasteiger partial charge in [-0.2, -0.15) is 0 Å². The number of nitrogens with one attached hydrogen (secondary N) is 1. The normalized spacial score (nSPS) is 17.7. The molecule has 0 saturated carbocycles. The second kappa shape index (κ2) is 7.47. The smallest absolute Gasteiger partial charge is 0.324 e. The number of imidazole rings is 1. The molecule has 2 amide bonds. The number of benzene rings is 1. The number of hydrogen-bond donors (Lipinski definition) is 1. The van der Waals surface area contributed by atoms with Crippen LogP contribution in [-0.2, 0) is 0 Å². The molecule has 3 heterocycles. The van der Waals surface area contributed by atoms with E-state index in [0.717, 1.165) is 37.1 Å². The van der Waals surface area contributed by atoms with Crippen molar-refractivity contribution in [3.05, 3.63) is 66.9 Å². The van der Waals surface area contributed by atoms with E-state index in [4.69, 9.17) is 4.42 Å². The van der Waals surface area contributed by atoms with E-state index in [0.29, 0.717) is 12.5 Å². The second-order valence-electron chi connectivity index (χ2n) is 6.46. The Morgan fingerprint density at radius 3 is 2.81 bits per heavy atom. The number of rotatable bonds is 3. The fourth-order valence-corrected chi connectivity index (χ4v) is 3.49. The summed E-state index contributed by atoms with van der Waals surface area (Å²) in [5, 5.41) is 2.98. The highest BCUT2D eigenvalue weighted by atomic mass is 16.3. The number of carbonyl (C=O) groups is 1. The zero-order valence-electron chi connectivity index (χ0n) is 14.5. The molecule has 6 nitrogen and oxygen atoms in total. The van der Waals surface area contributed by atoms with Crippen molar-refractivity contribution in [2.75, 3.05) is 11.9 Å². The molecular formula is C20H22N4O2. The van der Waals surface area contributed by atoms with Crippen LogP contribution in [0.5, 0.6) is 0 Å². The molecule has 4 rings (SSSR count). The van der Waals surface area contributed by atoms with Crippen molar-refractivity contribution in [1.29, 1.82) is 0 Å². The second-order valence-corrected chi connectivity index (χ2v) is 6.46. The van der Waals surface area contributed by atoms with E-state index in [1.54, 1.807) is 12.5 Å². The van der Waals surface area contributed by atoms with Gasteiger partial charge in [0.25, 0.3) is 0 Å². The van der Waals surface area contributed by atoms with Gasteiger partial charge in [-0.05, 0) is 37.1 Å². The van der Waals surface area contributed by atoms with Gasteiger partial charge < -0.3 is 9.32 Å². The summed E-state index contributed by atoms with van der Waals surface area (Å²) in [7, 11) is 0. The first-order valence-electron chi connectivity index (χ1n) is 9.03. The zero-order chi connectivity index (χ0) is 17.8. The topological polar surface area (TPSA) is 63.3 Å². The number of anilines is 1. The molecule has 1 aromatic carbocycles. The molecular weight excluding hydrogens is 328 g/mol. The lowest BCUT2D eigenvalue weighted by Crippen LogP contribution is -2.38. The van der Waals surface area contributed by atoms with Gasteiger partial charge >= 0.3 is 6.03 Å². The van der Waals surface area contributed by atoms with E-state index in [1.165, 1.54) is 0 Å². The number of para-hydroxylation sites is 1. The molecule has 134 valence electrons. The average molecular weight is 350 g/mol. The summed E-state index contributed by atoms with van der Waals surface area (Å²) >= 11 is 0. The predicted molar refractivity (Wildman–Crippen MR) is 99.2 cm³/mol. The SMILES string of the molecule is O=C(Nc1nccn1-c1ccccc1)N1CCCCCC1c1ccco1. The Bertz CT molecular complexity index is 842. The first-order chi connectivity index (χ1) is 12.8. The molecule has 0 spiro atoms. The quantitative estimate of drug-likeness (QED) is 0.750. The van der Waals surface area contributed by atoms with Crippen molar-refractivity contribution in [1.82, 2.24) is 14.5 Å². The molecule has 1 atom stereocenters. The number of nitrogens with zero attached hydrogens (tertiary/aromatic N) is 3. The minimum Gasteiger partial charge on any atom is -0.467 e. The number of aromatic nitrogens is 2. The molecule has 0 aliphatic carbocycles. The third-order valence-corrected chi connectivity index (χ3v) is 4.78. The first-order valence-corrected chi connectivity index (χ1v) is 9.03. The van der Waals surface area contributed by atoms with E-state index in [-0.39, 0.29) is 12.1 Å². The molecule has 1 N–H and O–H groups in total. The molecule has 6 heteroatoms. The third-order valence-electron chi connectivity index (χ3n) is 4.78. The van der Waals surface area contributed by atoms with Crippen molar-refractivity contribution in [2.24, 2.45) is 0 Å². The van der Waals surface area contributed by atoms with Gasteiger partial charge in [0, 0.05) is 24.6 Å². The number of likely N-dealkylation sites (tertiary alicyclic amines) is 1. The first kappa shape index (κ1) is 16.4. The van der Waals surface area contributed by atoms with E-state index in [2.05, 4.69) is 10.3 Å². The largest absolute Gasteiger partial charge is 0.467 e. The van der Waals surface area contributed by atoms with Gasteiger partial charge in [-0.15, -0.1) is 0 Å². The monoisotopic (exact) mass is 350 g/mol. The van der Waals surface area contributed by atoms with E-state index >= 15 is 0 Å². The third kappa shape index (κ3) is 3.35. The van der Waals surface area contributed by atoms with Crippen LogP contribution in [0.3, 0.4) is 0 Å². The summed E-state index contributed by atoms with van der Waals surface area (Å²) in [5.74, 6) is 1.36. The standard InChI is InChI=1S/C20H22N4O2/c25-20(22-19-21-12-14-23(19)16-8-3-1-4-9-16)24-13-6-2-5-10-17(24)18-11-7-15-26-18/h1,3-4,7-9,11-12,14-15,17H,2,5-6,10,13H2,(H,21,22,25). The van der Waals surface area contributed by atoms with Crippen molar-refractivity contribution < 1.29 is 9.21 Å². The van der Waals surface area contributed by atoms with Gasteiger partial charge in [0.15, 0.2) is 0 Å². The fourth-order valence-electron chi connectivity index (χ4n) is 3.49. The van der Waals surface area contributed by atoms with Crippen LogP contribution in [0.25, 0.3) is 5.69 Å². The van der Waals surface area contributed by atoms with Crippen LogP contribution in [0, 0.1) is 0 Å². The van der Waals surface area contributed by atoms with Gasteiger partial charge in [-0.1, -0.05) is 31.0 Å². The van der Waals surface area contributed by atoms with Gasteiger partial charge in [0.05, 0.1) is 12.3 Å². The number of urea groups is 1. The van der Waals surface area contributed by atoms with Crippen molar-refractivity contribution in [2.45, 2.75) is 31.7 Å². The van der Waals surface area contributed by atoms with Crippen molar-refractivity contribution in [3.8, 4) is 5.69 Å². The van der Waals surface area contributed by atoms with Crippen LogP contribution < -0.4 is 5.32 Å². The van der Waals surface area contributed by atoms with Crippen LogP contribution >= 0.6 is 0 Å². The highest BCUT2D eigenvalue weighted by molar-refractivity contribution is 5.88. The molecule has 26 heavy (non-hydrogen) atoms. The molecule has 2 aromatic heterocycles. The van der Waals surface area contributed by atoms with Crippen LogP contribution in [0.15, 0.2) is 65.5 Å². The van der Waals surface area contributed by atoms with Crippen molar-refractivity contribution in [3.63, 3.8) is 0 Å². The maximum absolute atomic E-state index is 13.0. The molecule has 0 bridgehead atoms. The Hall–Kier alpha value is -3.02. The highest BCUT2D eigenvalue weighted by Crippen LogP contribution is 2.31. The fraction of sp³-hybridized carbons (Fsp3) is 0.300. The van der Waals surface area contributed by atoms with E-state index in [9.17, 15) is 4.79 Å².